The van der Waals surface area contributed by atoms with E-state index in [1.54, 1.807) is 24.3 Å². The van der Waals surface area contributed by atoms with Crippen molar-refractivity contribution in [3.63, 3.8) is 0 Å². The van der Waals surface area contributed by atoms with Crippen molar-refractivity contribution in [2.45, 2.75) is 124 Å². The van der Waals surface area contributed by atoms with Gasteiger partial charge < -0.3 is 0 Å². The van der Waals surface area contributed by atoms with Crippen LogP contribution in [0, 0.1) is 0 Å². The molecule has 1 spiro atoms. The summed E-state index contributed by atoms with van der Waals surface area (Å²) in [4.78, 5) is 7.59. The van der Waals surface area contributed by atoms with Crippen LogP contribution in [0.15, 0.2) is 48.5 Å². The van der Waals surface area contributed by atoms with E-state index in [0.29, 0.717) is 9.97 Å². The SMILES string of the molecule is CC(P(C(C)(C)C)C(C)(C)C)[C@@]12[CH]3[CH]4[CH]5[C]1(P(c1ccc(C(F)(F)F)cc1)c1ccc(C(F)(F)F)cc1)[Fe]45321678[CH]2[CH]1[CH]6[CH]7[CH]28. The van der Waals surface area contributed by atoms with Gasteiger partial charge in [0, 0.05) is 0 Å². The fourth-order valence-corrected chi connectivity index (χ4v) is 122. The molecule has 2 aromatic carbocycles. The van der Waals surface area contributed by atoms with E-state index < -0.39 is 45.8 Å². The number of hydrogen-bond acceptors (Lipinski definition) is 0. The van der Waals surface area contributed by atoms with Crippen molar-refractivity contribution in [3.05, 3.63) is 59.7 Å². The Hall–Kier alpha value is -0.601. The number of alkyl halides is 6. The van der Waals surface area contributed by atoms with Gasteiger partial charge in [-0.2, -0.15) is 0 Å². The molecule has 0 nitrogen and oxygen atoms in total. The zero-order valence-corrected chi connectivity index (χ0v) is 28.2. The van der Waals surface area contributed by atoms with Crippen LogP contribution in [0.25, 0.3) is 0 Å². The van der Waals surface area contributed by atoms with Crippen LogP contribution >= 0.6 is 15.8 Å². The molecule has 10 heterocycles. The number of halogens is 6. The number of benzene rings is 2. The average Bonchev–Trinajstić information content (AvgIpc) is 3.81. The first kappa shape index (κ1) is 25.5. The first-order valence-corrected chi connectivity index (χ1v) is 24.6. The molecule has 5 unspecified atom stereocenters. The molecule has 43 heavy (non-hydrogen) atoms. The summed E-state index contributed by atoms with van der Waals surface area (Å²) in [5.74, 6) is 0. The Morgan fingerprint density at radius 1 is 0.605 bits per heavy atom. The first-order valence-electron chi connectivity index (χ1n) is 15.7. The molecule has 10 fully saturated rings. The van der Waals surface area contributed by atoms with E-state index in [-0.39, 0.29) is 14.4 Å². The third kappa shape index (κ3) is 0.741. The molecule has 10 aliphatic heterocycles. The fourth-order valence-electron chi connectivity index (χ4n) is 22.9. The van der Waals surface area contributed by atoms with Gasteiger partial charge in [0.05, 0.1) is 0 Å². The summed E-state index contributed by atoms with van der Waals surface area (Å²) in [5.41, 5.74) is -0.688. The summed E-state index contributed by atoms with van der Waals surface area (Å²) in [5, 5.41) is 2.30. The van der Waals surface area contributed by atoms with E-state index in [1.807, 2.05) is 0 Å². The van der Waals surface area contributed by atoms with Crippen LogP contribution in [0.3, 0.4) is 0 Å². The molecular formula is C34H38F6FeP2. The Labute approximate surface area is 241 Å². The average molecular weight is 678 g/mol. The van der Waals surface area contributed by atoms with Crippen LogP contribution in [-0.2, 0) is 18.9 Å². The van der Waals surface area contributed by atoms with E-state index in [0.717, 1.165) is 49.1 Å². The Balaban J connectivity index is 1.13. The van der Waals surface area contributed by atoms with E-state index >= 15 is 0 Å². The van der Waals surface area contributed by atoms with Crippen molar-refractivity contribution >= 4 is 26.5 Å². The van der Waals surface area contributed by atoms with E-state index in [2.05, 4.69) is 48.5 Å². The van der Waals surface area contributed by atoms with Gasteiger partial charge in [-0.1, -0.05) is 0 Å². The third-order valence-electron chi connectivity index (χ3n) is 20.6. The number of hydrogen-bond donors (Lipinski definition) is 0. The zero-order valence-electron chi connectivity index (χ0n) is 25.3. The van der Waals surface area contributed by atoms with Crippen LogP contribution in [-0.4, -0.2) is 20.0 Å². The van der Waals surface area contributed by atoms with Gasteiger partial charge in [0.1, 0.15) is 0 Å². The molecule has 0 N–H and O–H groups in total. The zero-order chi connectivity index (χ0) is 30.6. The molecule has 0 radical (unpaired) electrons. The van der Waals surface area contributed by atoms with Crippen LogP contribution in [0.5, 0.6) is 0 Å². The second-order valence-electron chi connectivity index (χ2n) is 19.6. The summed E-state index contributed by atoms with van der Waals surface area (Å²) in [6.45, 7) is 12.9. The van der Waals surface area contributed by atoms with Gasteiger partial charge in [0.15, 0.2) is 0 Å². The monoisotopic (exact) mass is 678 g/mol. The van der Waals surface area contributed by atoms with Crippen molar-refractivity contribution < 1.29 is 32.9 Å². The second-order valence-corrected chi connectivity index (χ2v) is 49.8. The standard InChI is InChI=1S/C29H33F6P2.C5H5.Fe/c1-19(37(26(2,3)4)27(5,6)7)24-9-8-10-25(24)36(22-15-11-20(12-16-22)28(30,31)32)23-17-13-21(14-18-23)29(33,34)35;1-2-4-5-3-1;/h8-19H,1-7H3;1-5H;. The minimum absolute atomic E-state index is 0.168. The van der Waals surface area contributed by atoms with Crippen LogP contribution in [0.2, 0.25) is 42.8 Å². The second kappa shape index (κ2) is 3.80. The van der Waals surface area contributed by atoms with Gasteiger partial charge in [0.2, 0.25) is 0 Å². The maximum atomic E-state index is 13.7. The summed E-state index contributed by atoms with van der Waals surface area (Å²) in [7, 11) is -1.46. The summed E-state index contributed by atoms with van der Waals surface area (Å²) in [6.07, 6.45) is -8.83. The molecule has 9 heteroatoms. The summed E-state index contributed by atoms with van der Waals surface area (Å²) < 4.78 is 82.9. The van der Waals surface area contributed by atoms with Crippen molar-refractivity contribution in [1.29, 1.82) is 0 Å². The maximum absolute atomic E-state index is 13.7. The van der Waals surface area contributed by atoms with Gasteiger partial charge in [-0.25, -0.2) is 0 Å². The van der Waals surface area contributed by atoms with E-state index in [9.17, 15) is 26.3 Å². The van der Waals surface area contributed by atoms with Crippen molar-refractivity contribution in [3.8, 4) is 0 Å². The van der Waals surface area contributed by atoms with Crippen molar-refractivity contribution in [2.24, 2.45) is 0 Å². The predicted octanol–water partition coefficient (Wildman–Crippen LogP) is 11.3. The quantitative estimate of drug-likeness (QED) is 0.168. The van der Waals surface area contributed by atoms with E-state index in [4.69, 9.17) is 0 Å². The normalized spacial score (nSPS) is 58.7. The molecule has 0 bridgehead atoms. The first-order chi connectivity index (χ1) is 19.5. The molecule has 12 rings (SSSR count). The molecule has 0 saturated carbocycles. The van der Waals surface area contributed by atoms with Crippen LogP contribution < -0.4 is 10.6 Å². The fraction of sp³-hybridized carbons (Fsp3) is 0.647. The van der Waals surface area contributed by atoms with E-state index in [1.165, 1.54) is 24.3 Å². The molecule has 2 aromatic rings. The third-order valence-corrected chi connectivity index (χ3v) is 75.1. The van der Waals surface area contributed by atoms with Gasteiger partial charge in [0.25, 0.3) is 0 Å². The summed E-state index contributed by atoms with van der Waals surface area (Å²) >= 11 is 0. The summed E-state index contributed by atoms with van der Waals surface area (Å²) in [6, 6.07) is 11.9. The molecule has 10 saturated heterocycles. The number of rotatable bonds is 5. The molecule has 0 amide bonds. The molecule has 234 valence electrons. The topological polar surface area (TPSA) is 0 Å². The molecule has 0 aliphatic carbocycles. The molecule has 0 aromatic heterocycles. The van der Waals surface area contributed by atoms with Gasteiger partial charge in [-0.05, 0) is 0 Å². The Kier molecular flexibility index (Phi) is 2.25. The molecular weight excluding hydrogens is 640 g/mol. The van der Waals surface area contributed by atoms with Crippen LogP contribution in [0.1, 0.15) is 59.6 Å². The van der Waals surface area contributed by atoms with Crippen molar-refractivity contribution in [1.82, 2.24) is 0 Å². The minimum atomic E-state index is -4.42. The van der Waals surface area contributed by atoms with Gasteiger partial charge in [-0.15, -0.1) is 0 Å². The van der Waals surface area contributed by atoms with Crippen LogP contribution in [0.4, 0.5) is 26.3 Å². The van der Waals surface area contributed by atoms with Gasteiger partial charge >= 0.3 is 243 Å². The number of fused-ring (bicyclic) bond motifs is 10. The van der Waals surface area contributed by atoms with Gasteiger partial charge in [-0.3, -0.25) is 0 Å². The predicted molar refractivity (Wildman–Crippen MR) is 160 cm³/mol. The molecule has 6 atom stereocenters. The Morgan fingerprint density at radius 2 is 0.977 bits per heavy atom. The Morgan fingerprint density at radius 3 is 1.26 bits per heavy atom. The molecule has 10 aliphatic rings. The Bertz CT molecular complexity index is 2000. The van der Waals surface area contributed by atoms with Crippen molar-refractivity contribution in [2.75, 3.05) is 0 Å².